The summed E-state index contributed by atoms with van der Waals surface area (Å²) in [6.45, 7) is 3.82. The number of hydrogen-bond donors (Lipinski definition) is 3. The molecule has 0 bridgehead atoms. The largest absolute Gasteiger partial charge is 0.497 e. The van der Waals surface area contributed by atoms with Gasteiger partial charge in [0, 0.05) is 19.0 Å². The lowest BCUT2D eigenvalue weighted by Crippen LogP contribution is -2.54. The van der Waals surface area contributed by atoms with E-state index in [-0.39, 0.29) is 12.5 Å². The quantitative estimate of drug-likeness (QED) is 0.0972. The van der Waals surface area contributed by atoms with E-state index < -0.39 is 54.5 Å². The molecule has 0 radical (unpaired) electrons. The summed E-state index contributed by atoms with van der Waals surface area (Å²) in [6.07, 6.45) is -1.62. The van der Waals surface area contributed by atoms with E-state index in [0.717, 1.165) is 33.4 Å². The first-order valence-electron chi connectivity index (χ1n) is 18.1. The molecule has 0 spiro atoms. The highest BCUT2D eigenvalue weighted by Crippen LogP contribution is 2.45. The molecular formula is C45H46N2O8. The Bertz CT molecular complexity index is 2010. The first kappa shape index (κ1) is 38.6. The lowest BCUT2D eigenvalue weighted by atomic mass is 9.79. The topological polar surface area (TPSA) is 132 Å². The fourth-order valence-corrected chi connectivity index (χ4v) is 6.99. The van der Waals surface area contributed by atoms with Crippen molar-refractivity contribution in [3.05, 3.63) is 161 Å². The number of fused-ring (bicyclic) bond motifs is 3. The summed E-state index contributed by atoms with van der Waals surface area (Å²) in [5.74, 6) is -0.874. The zero-order valence-corrected chi connectivity index (χ0v) is 31.4. The van der Waals surface area contributed by atoms with Crippen molar-refractivity contribution in [1.82, 2.24) is 10.6 Å². The Hall–Kier alpha value is -6.13. The number of rotatable bonds is 14. The van der Waals surface area contributed by atoms with Gasteiger partial charge in [-0.3, -0.25) is 4.79 Å². The van der Waals surface area contributed by atoms with Crippen molar-refractivity contribution in [3.63, 3.8) is 0 Å². The summed E-state index contributed by atoms with van der Waals surface area (Å²) >= 11 is 0. The average Bonchev–Trinajstić information content (AvgIpc) is 3.51. The minimum Gasteiger partial charge on any atom is -0.497 e. The molecule has 6 rings (SSSR count). The third-order valence-electron chi connectivity index (χ3n) is 9.76. The van der Waals surface area contributed by atoms with Crippen molar-refractivity contribution >= 4 is 18.2 Å². The van der Waals surface area contributed by atoms with Crippen LogP contribution in [0.4, 0.5) is 9.59 Å². The average molecular weight is 743 g/mol. The van der Waals surface area contributed by atoms with Gasteiger partial charge in [0.1, 0.15) is 29.0 Å². The zero-order chi connectivity index (χ0) is 39.1. The number of ether oxygens (including phenoxy) is 4. The molecule has 5 aromatic rings. The van der Waals surface area contributed by atoms with Crippen LogP contribution in [0.1, 0.15) is 54.5 Å². The molecule has 10 nitrogen and oxygen atoms in total. The molecule has 1 aliphatic rings. The molecule has 0 fully saturated rings. The van der Waals surface area contributed by atoms with Crippen LogP contribution in [-0.2, 0) is 24.6 Å². The highest BCUT2D eigenvalue weighted by Gasteiger charge is 2.46. The number of aliphatic carboxylic acids is 1. The summed E-state index contributed by atoms with van der Waals surface area (Å²) in [4.78, 5) is 39.9. The van der Waals surface area contributed by atoms with E-state index in [1.807, 2.05) is 133 Å². The molecule has 1 unspecified atom stereocenters. The number of carbonyl (C=O) groups is 3. The van der Waals surface area contributed by atoms with Crippen LogP contribution in [0, 0.1) is 5.41 Å². The molecule has 0 saturated carbocycles. The number of methoxy groups -OCH3 is 1. The number of hydrogen-bond acceptors (Lipinski definition) is 7. The molecule has 0 aliphatic heterocycles. The molecule has 1 atom stereocenters. The predicted octanol–water partition coefficient (Wildman–Crippen LogP) is 8.14. The summed E-state index contributed by atoms with van der Waals surface area (Å²) in [5.41, 5.74) is 2.36. The van der Waals surface area contributed by atoms with Gasteiger partial charge in [-0.1, -0.05) is 121 Å². The molecule has 2 amide bonds. The molecular weight excluding hydrogens is 697 g/mol. The minimum atomic E-state index is -1.90. The lowest BCUT2D eigenvalue weighted by Gasteiger charge is -2.39. The Kier molecular flexibility index (Phi) is 11.6. The second kappa shape index (κ2) is 16.5. The molecule has 1 aliphatic carbocycles. The highest BCUT2D eigenvalue weighted by atomic mass is 16.6. The van der Waals surface area contributed by atoms with Crippen molar-refractivity contribution in [2.45, 2.75) is 37.9 Å². The van der Waals surface area contributed by atoms with Crippen LogP contribution < -0.4 is 15.4 Å². The molecule has 0 heterocycles. The number of nitrogens with one attached hydrogen (secondary N) is 2. The summed E-state index contributed by atoms with van der Waals surface area (Å²) < 4.78 is 23.6. The van der Waals surface area contributed by atoms with Crippen molar-refractivity contribution in [3.8, 4) is 16.9 Å². The standard InChI is InChI=1S/C45H46N2O8/c1-43(2,3)55-42(51)47-29-44(40(48)49,28-46-41(50)53-27-39-37-21-13-11-19-35(37)36-20-12-14-22-38(36)39)30-54-45(31-15-7-5-8-16-31,32-17-9-6-10-18-32)33-23-25-34(52-4)26-24-33/h5-26,39H,27-30H2,1-4H3,(H,46,50)(H,47,51)(H,48,49). The van der Waals surface area contributed by atoms with Crippen LogP contribution in [0.5, 0.6) is 5.75 Å². The second-order valence-corrected chi connectivity index (χ2v) is 14.6. The first-order valence-corrected chi connectivity index (χ1v) is 18.1. The van der Waals surface area contributed by atoms with E-state index in [1.165, 1.54) is 0 Å². The minimum absolute atomic E-state index is 0.0369. The molecule has 284 valence electrons. The molecule has 10 heteroatoms. The van der Waals surface area contributed by atoms with E-state index in [1.54, 1.807) is 27.9 Å². The van der Waals surface area contributed by atoms with E-state index in [2.05, 4.69) is 10.6 Å². The summed E-state index contributed by atoms with van der Waals surface area (Å²) in [6, 6.07) is 42.3. The Morgan fingerprint density at radius 3 is 1.60 bits per heavy atom. The Morgan fingerprint density at radius 1 is 0.636 bits per heavy atom. The van der Waals surface area contributed by atoms with Crippen molar-refractivity contribution in [1.29, 1.82) is 0 Å². The number of carboxylic acids is 1. The fourth-order valence-electron chi connectivity index (χ4n) is 6.99. The van der Waals surface area contributed by atoms with Crippen LogP contribution >= 0.6 is 0 Å². The van der Waals surface area contributed by atoms with E-state index in [0.29, 0.717) is 11.3 Å². The number of alkyl carbamates (subject to hydrolysis) is 2. The van der Waals surface area contributed by atoms with Crippen LogP contribution in [0.2, 0.25) is 0 Å². The first-order chi connectivity index (χ1) is 26.5. The molecule has 0 saturated heterocycles. The van der Waals surface area contributed by atoms with Crippen LogP contribution in [0.15, 0.2) is 133 Å². The highest BCUT2D eigenvalue weighted by molar-refractivity contribution is 5.80. The van der Waals surface area contributed by atoms with Crippen LogP contribution in [0.3, 0.4) is 0 Å². The van der Waals surface area contributed by atoms with Gasteiger partial charge in [0.25, 0.3) is 0 Å². The van der Waals surface area contributed by atoms with Gasteiger partial charge in [-0.2, -0.15) is 0 Å². The third kappa shape index (κ3) is 8.50. The van der Waals surface area contributed by atoms with Gasteiger partial charge >= 0.3 is 18.2 Å². The van der Waals surface area contributed by atoms with Gasteiger partial charge in [-0.05, 0) is 71.8 Å². The third-order valence-corrected chi connectivity index (χ3v) is 9.76. The number of benzene rings is 5. The molecule has 3 N–H and O–H groups in total. The smallest absolute Gasteiger partial charge is 0.407 e. The van der Waals surface area contributed by atoms with Crippen LogP contribution in [0.25, 0.3) is 11.1 Å². The zero-order valence-electron chi connectivity index (χ0n) is 31.4. The van der Waals surface area contributed by atoms with Gasteiger partial charge in [0.2, 0.25) is 0 Å². The maximum absolute atomic E-state index is 13.5. The van der Waals surface area contributed by atoms with Gasteiger partial charge in [-0.25, -0.2) is 9.59 Å². The summed E-state index contributed by atoms with van der Waals surface area (Å²) in [7, 11) is 1.58. The normalized spacial score (nSPS) is 13.5. The van der Waals surface area contributed by atoms with Gasteiger partial charge in [0.15, 0.2) is 0 Å². The molecule has 0 aromatic heterocycles. The van der Waals surface area contributed by atoms with E-state index in [4.69, 9.17) is 18.9 Å². The number of carbonyl (C=O) groups excluding carboxylic acids is 2. The lowest BCUT2D eigenvalue weighted by molar-refractivity contribution is -0.155. The summed E-state index contributed by atoms with van der Waals surface area (Å²) in [5, 5.41) is 16.3. The van der Waals surface area contributed by atoms with E-state index in [9.17, 15) is 19.5 Å². The maximum Gasteiger partial charge on any atom is 0.407 e. The Balaban J connectivity index is 1.31. The molecule has 55 heavy (non-hydrogen) atoms. The monoisotopic (exact) mass is 742 g/mol. The fraction of sp³-hybridized carbons (Fsp3) is 0.267. The predicted molar refractivity (Wildman–Crippen MR) is 209 cm³/mol. The van der Waals surface area contributed by atoms with Crippen molar-refractivity contribution < 1.29 is 38.4 Å². The Labute approximate surface area is 321 Å². The van der Waals surface area contributed by atoms with Crippen molar-refractivity contribution in [2.24, 2.45) is 5.41 Å². The molecule has 5 aromatic carbocycles. The van der Waals surface area contributed by atoms with Gasteiger partial charge in [0.05, 0.1) is 13.7 Å². The second-order valence-electron chi connectivity index (χ2n) is 14.6. The van der Waals surface area contributed by atoms with Gasteiger partial charge in [-0.15, -0.1) is 0 Å². The Morgan fingerprint density at radius 2 is 1.11 bits per heavy atom. The maximum atomic E-state index is 13.5. The van der Waals surface area contributed by atoms with Crippen molar-refractivity contribution in [2.75, 3.05) is 33.4 Å². The van der Waals surface area contributed by atoms with E-state index >= 15 is 0 Å². The SMILES string of the molecule is COc1ccc(C(OCC(CNC(=O)OCC2c3ccccc3-c3ccccc32)(CNC(=O)OC(C)(C)C)C(=O)O)(c2ccccc2)c2ccccc2)cc1. The number of amides is 2. The van der Waals surface area contributed by atoms with Gasteiger partial charge < -0.3 is 34.7 Å². The number of carboxylic acid groups (broad SMARTS) is 1. The van der Waals surface area contributed by atoms with Crippen LogP contribution in [-0.4, -0.2) is 62.3 Å².